The Hall–Kier alpha value is -2.82. The van der Waals surface area contributed by atoms with Gasteiger partial charge in [-0.3, -0.25) is 0 Å². The fourth-order valence-electron chi connectivity index (χ4n) is 2.68. The molecule has 2 N–H and O–H groups in total. The normalized spacial score (nSPS) is 14.9. The number of methoxy groups -OCH3 is 1. The van der Waals surface area contributed by atoms with Crippen LogP contribution >= 0.6 is 0 Å². The lowest BCUT2D eigenvalue weighted by molar-refractivity contribution is 0.252. The number of hydrogen-bond donors (Lipinski definition) is 2. The van der Waals surface area contributed by atoms with Gasteiger partial charge in [0.25, 0.3) is 0 Å². The Morgan fingerprint density at radius 3 is 2.74 bits per heavy atom. The third-order valence-corrected chi connectivity index (χ3v) is 3.81. The zero-order valence-electron chi connectivity index (χ0n) is 13.0. The second-order valence-electron chi connectivity index (χ2n) is 5.37. The third kappa shape index (κ3) is 3.69. The second-order valence-corrected chi connectivity index (χ2v) is 5.37. The number of aryl methyl sites for hydroxylation is 1. The van der Waals surface area contributed by atoms with E-state index in [2.05, 4.69) is 15.8 Å². The number of anilines is 1. The Morgan fingerprint density at radius 1 is 1.13 bits per heavy atom. The smallest absolute Gasteiger partial charge is 0.339 e. The Bertz CT molecular complexity index is 726. The van der Waals surface area contributed by atoms with Gasteiger partial charge < -0.3 is 10.1 Å². The zero-order valence-corrected chi connectivity index (χ0v) is 13.0. The van der Waals surface area contributed by atoms with Gasteiger partial charge in [0.2, 0.25) is 0 Å². The van der Waals surface area contributed by atoms with E-state index in [1.807, 2.05) is 48.5 Å². The average molecular weight is 309 g/mol. The summed E-state index contributed by atoms with van der Waals surface area (Å²) in [5.41, 5.74) is 6.50. The largest absolute Gasteiger partial charge is 0.497 e. The Morgan fingerprint density at radius 2 is 1.96 bits per heavy atom. The molecule has 3 rings (SSSR count). The highest BCUT2D eigenvalue weighted by Gasteiger charge is 2.16. The molecule has 0 saturated heterocycles. The van der Waals surface area contributed by atoms with Crippen LogP contribution in [0.3, 0.4) is 0 Å². The summed E-state index contributed by atoms with van der Waals surface area (Å²) in [5, 5.41) is 7.04. The van der Waals surface area contributed by atoms with Crippen LogP contribution in [-0.2, 0) is 6.42 Å². The minimum Gasteiger partial charge on any atom is -0.497 e. The molecule has 2 aromatic rings. The van der Waals surface area contributed by atoms with Gasteiger partial charge >= 0.3 is 6.03 Å². The average Bonchev–Trinajstić information content (AvgIpc) is 2.60. The van der Waals surface area contributed by atoms with E-state index in [1.165, 1.54) is 5.56 Å². The van der Waals surface area contributed by atoms with Gasteiger partial charge in [0.05, 0.1) is 12.8 Å². The minimum atomic E-state index is -0.343. The van der Waals surface area contributed by atoms with Crippen molar-refractivity contribution in [3.8, 4) is 5.75 Å². The van der Waals surface area contributed by atoms with Crippen LogP contribution in [0.15, 0.2) is 53.6 Å². The van der Waals surface area contributed by atoms with E-state index in [4.69, 9.17) is 4.74 Å². The molecule has 0 radical (unpaired) electrons. The van der Waals surface area contributed by atoms with Crippen LogP contribution in [0.25, 0.3) is 0 Å². The van der Waals surface area contributed by atoms with E-state index in [9.17, 15) is 4.79 Å². The summed E-state index contributed by atoms with van der Waals surface area (Å²) in [4.78, 5) is 11.9. The summed E-state index contributed by atoms with van der Waals surface area (Å²) >= 11 is 0. The van der Waals surface area contributed by atoms with Crippen molar-refractivity contribution in [1.82, 2.24) is 5.43 Å². The second kappa shape index (κ2) is 6.96. The molecular weight excluding hydrogens is 290 g/mol. The third-order valence-electron chi connectivity index (χ3n) is 3.81. The number of hydrazone groups is 1. The van der Waals surface area contributed by atoms with Gasteiger partial charge in [0.15, 0.2) is 0 Å². The standard InChI is InChI=1S/C18H19N3O2/c1-23-15-10-11-16-13(12-15)6-5-9-17(16)20-21-18(22)19-14-7-3-2-4-8-14/h2-4,7-8,10-12H,5-6,9H2,1H3,(H2,19,21,22). The van der Waals surface area contributed by atoms with Crippen molar-refractivity contribution >= 4 is 17.4 Å². The number of rotatable bonds is 3. The van der Waals surface area contributed by atoms with Gasteiger partial charge in [-0.2, -0.15) is 5.10 Å². The zero-order chi connectivity index (χ0) is 16.1. The molecule has 0 saturated carbocycles. The highest BCUT2D eigenvalue weighted by molar-refractivity contribution is 6.03. The highest BCUT2D eigenvalue weighted by atomic mass is 16.5. The molecule has 0 unspecified atom stereocenters. The molecule has 0 aromatic heterocycles. The van der Waals surface area contributed by atoms with Crippen LogP contribution in [0.5, 0.6) is 5.75 Å². The molecule has 0 atom stereocenters. The number of ether oxygens (including phenoxy) is 1. The van der Waals surface area contributed by atoms with Gasteiger partial charge in [0, 0.05) is 11.3 Å². The van der Waals surface area contributed by atoms with Crippen molar-refractivity contribution < 1.29 is 9.53 Å². The number of fused-ring (bicyclic) bond motifs is 1. The van der Waals surface area contributed by atoms with Crippen molar-refractivity contribution in [3.63, 3.8) is 0 Å². The number of urea groups is 1. The topological polar surface area (TPSA) is 62.7 Å². The first-order chi connectivity index (χ1) is 11.3. The maximum absolute atomic E-state index is 11.9. The van der Waals surface area contributed by atoms with E-state index < -0.39 is 0 Å². The quantitative estimate of drug-likeness (QED) is 0.852. The van der Waals surface area contributed by atoms with E-state index in [0.29, 0.717) is 0 Å². The van der Waals surface area contributed by atoms with E-state index in [1.54, 1.807) is 7.11 Å². The fourth-order valence-corrected chi connectivity index (χ4v) is 2.68. The van der Waals surface area contributed by atoms with Gasteiger partial charge in [-0.15, -0.1) is 0 Å². The van der Waals surface area contributed by atoms with Gasteiger partial charge in [-0.05, 0) is 55.2 Å². The highest BCUT2D eigenvalue weighted by Crippen LogP contribution is 2.25. The summed E-state index contributed by atoms with van der Waals surface area (Å²) < 4.78 is 5.26. The number of hydrogen-bond acceptors (Lipinski definition) is 3. The van der Waals surface area contributed by atoms with Crippen LogP contribution in [0.1, 0.15) is 24.0 Å². The van der Waals surface area contributed by atoms with Crippen molar-refractivity contribution in [3.05, 3.63) is 59.7 Å². The predicted molar refractivity (Wildman–Crippen MR) is 91.1 cm³/mol. The van der Waals surface area contributed by atoms with Gasteiger partial charge in [-0.25, -0.2) is 10.2 Å². The first kappa shape index (κ1) is 15.1. The van der Waals surface area contributed by atoms with E-state index in [0.717, 1.165) is 42.0 Å². The minimum absolute atomic E-state index is 0.343. The molecule has 2 amide bonds. The van der Waals surface area contributed by atoms with Crippen molar-refractivity contribution in [2.24, 2.45) is 5.10 Å². The summed E-state index contributed by atoms with van der Waals surface area (Å²) in [6, 6.07) is 14.9. The van der Waals surface area contributed by atoms with Crippen LogP contribution in [0, 0.1) is 0 Å². The first-order valence-electron chi connectivity index (χ1n) is 7.62. The molecule has 0 heterocycles. The number of benzene rings is 2. The molecule has 5 heteroatoms. The van der Waals surface area contributed by atoms with Crippen LogP contribution < -0.4 is 15.5 Å². The monoisotopic (exact) mass is 309 g/mol. The Labute approximate surface area is 135 Å². The molecule has 23 heavy (non-hydrogen) atoms. The lowest BCUT2D eigenvalue weighted by Gasteiger charge is -2.18. The van der Waals surface area contributed by atoms with Crippen molar-refractivity contribution in [2.45, 2.75) is 19.3 Å². The predicted octanol–water partition coefficient (Wildman–Crippen LogP) is 3.56. The molecular formula is C18H19N3O2. The maximum atomic E-state index is 11.9. The fraction of sp³-hybridized carbons (Fsp3) is 0.222. The number of nitrogens with zero attached hydrogens (tertiary/aromatic N) is 1. The number of carbonyl (C=O) groups is 1. The summed E-state index contributed by atoms with van der Waals surface area (Å²) in [6.45, 7) is 0. The molecule has 1 aliphatic rings. The Balaban J connectivity index is 1.70. The van der Waals surface area contributed by atoms with Crippen LogP contribution in [0.4, 0.5) is 10.5 Å². The molecule has 1 aliphatic carbocycles. The van der Waals surface area contributed by atoms with Gasteiger partial charge in [0.1, 0.15) is 5.75 Å². The number of carbonyl (C=O) groups excluding carboxylic acids is 1. The molecule has 0 spiro atoms. The van der Waals surface area contributed by atoms with Crippen LogP contribution in [0.2, 0.25) is 0 Å². The molecule has 2 aromatic carbocycles. The van der Waals surface area contributed by atoms with Crippen LogP contribution in [-0.4, -0.2) is 18.9 Å². The lowest BCUT2D eigenvalue weighted by atomic mass is 9.90. The molecule has 5 nitrogen and oxygen atoms in total. The van der Waals surface area contributed by atoms with Crippen molar-refractivity contribution in [1.29, 1.82) is 0 Å². The summed E-state index contributed by atoms with van der Waals surface area (Å²) in [6.07, 6.45) is 2.87. The Kier molecular flexibility index (Phi) is 4.57. The maximum Gasteiger partial charge on any atom is 0.339 e. The molecule has 0 bridgehead atoms. The molecule has 0 aliphatic heterocycles. The summed E-state index contributed by atoms with van der Waals surface area (Å²) in [7, 11) is 1.66. The number of amides is 2. The van der Waals surface area contributed by atoms with E-state index >= 15 is 0 Å². The summed E-state index contributed by atoms with van der Waals surface area (Å²) in [5.74, 6) is 0.847. The molecule has 118 valence electrons. The lowest BCUT2D eigenvalue weighted by Crippen LogP contribution is -2.26. The van der Waals surface area contributed by atoms with E-state index in [-0.39, 0.29) is 6.03 Å². The first-order valence-corrected chi connectivity index (χ1v) is 7.62. The SMILES string of the molecule is COc1ccc2c(c1)CCCC2=NNC(=O)Nc1ccccc1. The number of para-hydroxylation sites is 1. The molecule has 0 fully saturated rings. The van der Waals surface area contributed by atoms with Crippen molar-refractivity contribution in [2.75, 3.05) is 12.4 Å². The number of nitrogens with one attached hydrogen (secondary N) is 2. The van der Waals surface area contributed by atoms with Gasteiger partial charge in [-0.1, -0.05) is 18.2 Å².